The molecule has 0 saturated carbocycles. The van der Waals surface area contributed by atoms with Crippen LogP contribution in [0.3, 0.4) is 0 Å². The van der Waals surface area contributed by atoms with E-state index in [2.05, 4.69) is 22.2 Å². The van der Waals surface area contributed by atoms with Crippen LogP contribution in [-0.4, -0.2) is 46.5 Å². The topological polar surface area (TPSA) is 67.3 Å². The highest BCUT2D eigenvalue weighted by Crippen LogP contribution is 2.18. The molecule has 0 spiro atoms. The van der Waals surface area contributed by atoms with Gasteiger partial charge in [0.25, 0.3) is 0 Å². The summed E-state index contributed by atoms with van der Waals surface area (Å²) in [4.78, 5) is 22.7. The highest BCUT2D eigenvalue weighted by Gasteiger charge is 2.27. The second kappa shape index (κ2) is 6.54. The lowest BCUT2D eigenvalue weighted by Crippen LogP contribution is -2.48. The van der Waals surface area contributed by atoms with E-state index in [9.17, 15) is 4.79 Å². The first-order valence-corrected chi connectivity index (χ1v) is 7.06. The molecular formula is C14H22N4O2. The molecule has 0 bridgehead atoms. The lowest BCUT2D eigenvalue weighted by atomic mass is 10.0. The fraction of sp³-hybridized carbons (Fsp3) is 0.643. The van der Waals surface area contributed by atoms with E-state index in [0.717, 1.165) is 19.4 Å². The van der Waals surface area contributed by atoms with E-state index < -0.39 is 0 Å². The van der Waals surface area contributed by atoms with Crippen LogP contribution in [0.25, 0.3) is 0 Å². The Balaban J connectivity index is 1.99. The van der Waals surface area contributed by atoms with Crippen molar-refractivity contribution in [3.63, 3.8) is 0 Å². The first-order valence-electron chi connectivity index (χ1n) is 7.06. The molecule has 20 heavy (non-hydrogen) atoms. The molecule has 2 rings (SSSR count). The van der Waals surface area contributed by atoms with Crippen molar-refractivity contribution < 1.29 is 9.53 Å². The Labute approximate surface area is 119 Å². The summed E-state index contributed by atoms with van der Waals surface area (Å²) in [6, 6.07) is 1.64. The predicted molar refractivity (Wildman–Crippen MR) is 76.7 cm³/mol. The molecule has 2 atom stereocenters. The van der Waals surface area contributed by atoms with Crippen molar-refractivity contribution in [3.8, 4) is 5.88 Å². The summed E-state index contributed by atoms with van der Waals surface area (Å²) in [6.45, 7) is 4.78. The number of nitrogens with zero attached hydrogens (tertiary/aromatic N) is 3. The first kappa shape index (κ1) is 14.6. The van der Waals surface area contributed by atoms with Crippen molar-refractivity contribution in [2.75, 3.05) is 19.0 Å². The number of aromatic nitrogens is 2. The Kier molecular flexibility index (Phi) is 4.76. The lowest BCUT2D eigenvalue weighted by Gasteiger charge is -2.35. The van der Waals surface area contributed by atoms with Crippen LogP contribution in [0.15, 0.2) is 12.3 Å². The van der Waals surface area contributed by atoms with Crippen molar-refractivity contribution in [2.24, 2.45) is 0 Å². The van der Waals surface area contributed by atoms with Gasteiger partial charge in [0.05, 0.1) is 7.11 Å². The Morgan fingerprint density at radius 1 is 1.55 bits per heavy atom. The number of hydrogen-bond donors (Lipinski definition) is 1. The van der Waals surface area contributed by atoms with Crippen molar-refractivity contribution in [1.82, 2.24) is 14.9 Å². The molecule has 2 unspecified atom stereocenters. The zero-order valence-corrected chi connectivity index (χ0v) is 12.3. The second-order valence-electron chi connectivity index (χ2n) is 5.17. The van der Waals surface area contributed by atoms with E-state index >= 15 is 0 Å². The number of carbonyl (C=O) groups is 1. The molecule has 1 saturated heterocycles. The minimum absolute atomic E-state index is 0.101. The maximum absolute atomic E-state index is 12.4. The molecule has 1 amide bonds. The molecule has 0 aromatic carbocycles. The average Bonchev–Trinajstić information content (AvgIpc) is 2.47. The standard InChI is InChI=1S/C14H22N4O2/c1-10-6-4-5-9-18(10)13(19)11(2)16-14-15-8-7-12(17-14)20-3/h7-8,10-11H,4-6,9H2,1-3H3,(H,15,16,17). The number of piperidine rings is 1. The molecule has 1 N–H and O–H groups in total. The van der Waals surface area contributed by atoms with Crippen LogP contribution in [0.1, 0.15) is 33.1 Å². The van der Waals surface area contributed by atoms with Crippen LogP contribution in [0.5, 0.6) is 5.88 Å². The number of rotatable bonds is 4. The van der Waals surface area contributed by atoms with Gasteiger partial charge in [0.15, 0.2) is 0 Å². The number of ether oxygens (including phenoxy) is 1. The van der Waals surface area contributed by atoms with Crippen LogP contribution in [0.2, 0.25) is 0 Å². The van der Waals surface area contributed by atoms with E-state index in [-0.39, 0.29) is 11.9 Å². The molecule has 1 aromatic rings. The molecule has 1 aliphatic rings. The van der Waals surface area contributed by atoms with Crippen molar-refractivity contribution in [3.05, 3.63) is 12.3 Å². The van der Waals surface area contributed by atoms with E-state index in [1.54, 1.807) is 19.4 Å². The zero-order valence-electron chi connectivity index (χ0n) is 12.3. The summed E-state index contributed by atoms with van der Waals surface area (Å²) >= 11 is 0. The number of likely N-dealkylation sites (tertiary alicyclic amines) is 1. The summed E-state index contributed by atoms with van der Waals surface area (Å²) in [5.41, 5.74) is 0. The maximum atomic E-state index is 12.4. The molecule has 1 fully saturated rings. The highest BCUT2D eigenvalue weighted by molar-refractivity contribution is 5.84. The molecule has 6 nitrogen and oxygen atoms in total. The number of carbonyl (C=O) groups excluding carboxylic acids is 1. The van der Waals surface area contributed by atoms with Gasteiger partial charge >= 0.3 is 0 Å². The van der Waals surface area contributed by atoms with Gasteiger partial charge in [-0.25, -0.2) is 4.98 Å². The molecule has 0 aliphatic carbocycles. The van der Waals surface area contributed by atoms with Gasteiger partial charge in [0.2, 0.25) is 17.7 Å². The second-order valence-corrected chi connectivity index (χ2v) is 5.17. The number of methoxy groups -OCH3 is 1. The van der Waals surface area contributed by atoms with Crippen LogP contribution in [0.4, 0.5) is 5.95 Å². The largest absolute Gasteiger partial charge is 0.481 e. The monoisotopic (exact) mass is 278 g/mol. The molecule has 2 heterocycles. The third-order valence-corrected chi connectivity index (χ3v) is 3.64. The van der Waals surface area contributed by atoms with Crippen LogP contribution < -0.4 is 10.1 Å². The SMILES string of the molecule is COc1ccnc(NC(C)C(=O)N2CCCCC2C)n1. The fourth-order valence-electron chi connectivity index (χ4n) is 2.46. The quantitative estimate of drug-likeness (QED) is 0.907. The number of hydrogen-bond acceptors (Lipinski definition) is 5. The summed E-state index contributed by atoms with van der Waals surface area (Å²) < 4.78 is 5.04. The Bertz CT molecular complexity index is 466. The van der Waals surface area contributed by atoms with Crippen molar-refractivity contribution in [1.29, 1.82) is 0 Å². The van der Waals surface area contributed by atoms with Gasteiger partial charge in [-0.1, -0.05) is 0 Å². The van der Waals surface area contributed by atoms with Gasteiger partial charge < -0.3 is 15.0 Å². The zero-order chi connectivity index (χ0) is 14.5. The van der Waals surface area contributed by atoms with E-state index in [1.807, 2.05) is 11.8 Å². The minimum atomic E-state index is -0.345. The minimum Gasteiger partial charge on any atom is -0.481 e. The Morgan fingerprint density at radius 2 is 2.35 bits per heavy atom. The van der Waals surface area contributed by atoms with Crippen LogP contribution in [0, 0.1) is 0 Å². The summed E-state index contributed by atoms with van der Waals surface area (Å²) in [5.74, 6) is 0.993. The van der Waals surface area contributed by atoms with Gasteiger partial charge in [0, 0.05) is 24.8 Å². The third kappa shape index (κ3) is 3.37. The number of nitrogens with one attached hydrogen (secondary N) is 1. The van der Waals surface area contributed by atoms with Gasteiger partial charge in [-0.3, -0.25) is 4.79 Å². The Morgan fingerprint density at radius 3 is 3.05 bits per heavy atom. The Hall–Kier alpha value is -1.85. The van der Waals surface area contributed by atoms with E-state index in [1.165, 1.54) is 6.42 Å². The first-order chi connectivity index (χ1) is 9.61. The number of amides is 1. The van der Waals surface area contributed by atoms with Crippen LogP contribution >= 0.6 is 0 Å². The number of anilines is 1. The third-order valence-electron chi connectivity index (χ3n) is 3.64. The van der Waals surface area contributed by atoms with Gasteiger partial charge in [0.1, 0.15) is 6.04 Å². The fourth-order valence-corrected chi connectivity index (χ4v) is 2.46. The van der Waals surface area contributed by atoms with Gasteiger partial charge in [-0.05, 0) is 33.1 Å². The van der Waals surface area contributed by atoms with Gasteiger partial charge in [-0.2, -0.15) is 4.98 Å². The molecule has 1 aromatic heterocycles. The lowest BCUT2D eigenvalue weighted by molar-refractivity contribution is -0.134. The highest BCUT2D eigenvalue weighted by atomic mass is 16.5. The van der Waals surface area contributed by atoms with E-state index in [0.29, 0.717) is 17.9 Å². The molecule has 0 radical (unpaired) electrons. The van der Waals surface area contributed by atoms with Crippen molar-refractivity contribution in [2.45, 2.75) is 45.2 Å². The average molecular weight is 278 g/mol. The summed E-state index contributed by atoms with van der Waals surface area (Å²) in [6.07, 6.45) is 4.97. The summed E-state index contributed by atoms with van der Waals surface area (Å²) in [5, 5.41) is 3.04. The normalized spacial score (nSPS) is 20.4. The molecule has 1 aliphatic heterocycles. The molecule has 110 valence electrons. The molecule has 6 heteroatoms. The molecular weight excluding hydrogens is 256 g/mol. The van der Waals surface area contributed by atoms with Gasteiger partial charge in [-0.15, -0.1) is 0 Å². The van der Waals surface area contributed by atoms with Crippen LogP contribution in [-0.2, 0) is 4.79 Å². The van der Waals surface area contributed by atoms with E-state index in [4.69, 9.17) is 4.74 Å². The summed E-state index contributed by atoms with van der Waals surface area (Å²) in [7, 11) is 1.55. The van der Waals surface area contributed by atoms with Crippen molar-refractivity contribution >= 4 is 11.9 Å². The smallest absolute Gasteiger partial charge is 0.245 e. The maximum Gasteiger partial charge on any atom is 0.245 e. The predicted octanol–water partition coefficient (Wildman–Crippen LogP) is 1.69.